The van der Waals surface area contributed by atoms with Gasteiger partial charge in [0, 0.05) is 28.1 Å². The molecule has 9 heteroatoms. The van der Waals surface area contributed by atoms with Gasteiger partial charge in [0.25, 0.3) is 0 Å². The fourth-order valence-corrected chi connectivity index (χ4v) is 4.60. The van der Waals surface area contributed by atoms with Gasteiger partial charge in [0.1, 0.15) is 29.5 Å². The van der Waals surface area contributed by atoms with Crippen molar-refractivity contribution in [1.29, 1.82) is 0 Å². The Hall–Kier alpha value is -5.31. The van der Waals surface area contributed by atoms with Gasteiger partial charge in [-0.1, -0.05) is 30.3 Å². The Morgan fingerprint density at radius 2 is 1.85 bits per heavy atom. The van der Waals surface area contributed by atoms with Crippen molar-refractivity contribution in [2.75, 3.05) is 12.4 Å². The normalized spacial score (nSPS) is 11.1. The van der Waals surface area contributed by atoms with Crippen molar-refractivity contribution in [3.05, 3.63) is 114 Å². The van der Waals surface area contributed by atoms with Gasteiger partial charge in [0.2, 0.25) is 0 Å². The predicted molar refractivity (Wildman–Crippen MR) is 150 cm³/mol. The molecule has 0 bridgehead atoms. The van der Waals surface area contributed by atoms with E-state index in [0.717, 1.165) is 27.5 Å². The van der Waals surface area contributed by atoms with Crippen LogP contribution in [0.3, 0.4) is 0 Å². The fourth-order valence-electron chi connectivity index (χ4n) is 4.60. The molecule has 0 fully saturated rings. The average molecular weight is 534 g/mol. The number of halogens is 1. The number of nitrogens with zero attached hydrogens (tertiary/aromatic N) is 4. The van der Waals surface area contributed by atoms with E-state index in [0.29, 0.717) is 34.9 Å². The van der Waals surface area contributed by atoms with E-state index in [-0.39, 0.29) is 12.2 Å². The van der Waals surface area contributed by atoms with Crippen LogP contribution in [0.25, 0.3) is 21.8 Å². The van der Waals surface area contributed by atoms with E-state index in [9.17, 15) is 9.18 Å². The van der Waals surface area contributed by atoms with Crippen molar-refractivity contribution in [2.24, 2.45) is 0 Å². The number of benzene rings is 4. The van der Waals surface area contributed by atoms with Gasteiger partial charge in [-0.3, -0.25) is 9.48 Å². The number of ether oxygens (including phenoxy) is 2. The summed E-state index contributed by atoms with van der Waals surface area (Å²) in [7, 11) is 1.55. The largest absolute Gasteiger partial charge is 0.496 e. The zero-order chi connectivity index (χ0) is 27.5. The van der Waals surface area contributed by atoms with Crippen LogP contribution < -0.4 is 14.8 Å². The molecule has 8 nitrogen and oxygen atoms in total. The van der Waals surface area contributed by atoms with E-state index < -0.39 is 5.97 Å². The van der Waals surface area contributed by atoms with E-state index in [1.807, 2.05) is 41.1 Å². The molecule has 6 rings (SSSR count). The van der Waals surface area contributed by atoms with Crippen molar-refractivity contribution < 1.29 is 18.7 Å². The molecule has 0 spiro atoms. The van der Waals surface area contributed by atoms with E-state index in [4.69, 9.17) is 9.47 Å². The smallest absolute Gasteiger partial charge is 0.315 e. The molecule has 4 aromatic carbocycles. The minimum absolute atomic E-state index is 0.0127. The summed E-state index contributed by atoms with van der Waals surface area (Å²) in [6, 6.07) is 24.9. The molecular weight excluding hydrogens is 509 g/mol. The first-order chi connectivity index (χ1) is 19.6. The molecule has 6 aromatic rings. The van der Waals surface area contributed by atoms with Gasteiger partial charge in [-0.2, -0.15) is 5.10 Å². The van der Waals surface area contributed by atoms with Crippen LogP contribution in [0.1, 0.15) is 11.1 Å². The predicted octanol–water partition coefficient (Wildman–Crippen LogP) is 6.07. The third kappa shape index (κ3) is 5.30. The van der Waals surface area contributed by atoms with Gasteiger partial charge in [-0.15, -0.1) is 0 Å². The molecule has 0 aliphatic rings. The summed E-state index contributed by atoms with van der Waals surface area (Å²) in [4.78, 5) is 21.5. The van der Waals surface area contributed by atoms with Crippen LogP contribution in [0, 0.1) is 5.82 Å². The first kappa shape index (κ1) is 25.0. The van der Waals surface area contributed by atoms with Gasteiger partial charge in [0.15, 0.2) is 0 Å². The Labute approximate surface area is 229 Å². The number of esters is 1. The second kappa shape index (κ2) is 10.8. The molecule has 0 saturated heterocycles. The Balaban J connectivity index is 1.27. The molecule has 0 radical (unpaired) electrons. The second-order valence-corrected chi connectivity index (χ2v) is 9.20. The van der Waals surface area contributed by atoms with Crippen molar-refractivity contribution in [3.63, 3.8) is 0 Å². The third-order valence-corrected chi connectivity index (χ3v) is 6.47. The molecular formula is C31H24FN5O3. The maximum Gasteiger partial charge on any atom is 0.315 e. The number of anilines is 2. The molecule has 1 N–H and O–H groups in total. The molecule has 198 valence electrons. The van der Waals surface area contributed by atoms with Gasteiger partial charge in [0.05, 0.1) is 37.3 Å². The molecule has 0 saturated carbocycles. The number of methoxy groups -OCH3 is 1. The third-order valence-electron chi connectivity index (χ3n) is 6.47. The average Bonchev–Trinajstić information content (AvgIpc) is 3.35. The van der Waals surface area contributed by atoms with E-state index in [2.05, 4.69) is 20.4 Å². The van der Waals surface area contributed by atoms with Gasteiger partial charge in [-0.05, 0) is 54.1 Å². The van der Waals surface area contributed by atoms with Crippen molar-refractivity contribution in [1.82, 2.24) is 19.7 Å². The van der Waals surface area contributed by atoms with Crippen LogP contribution in [0.2, 0.25) is 0 Å². The van der Waals surface area contributed by atoms with E-state index in [1.165, 1.54) is 18.5 Å². The van der Waals surface area contributed by atoms with E-state index in [1.54, 1.807) is 49.7 Å². The maximum atomic E-state index is 13.6. The van der Waals surface area contributed by atoms with Crippen LogP contribution in [-0.2, 0) is 17.8 Å². The molecule has 2 aromatic heterocycles. The highest BCUT2D eigenvalue weighted by atomic mass is 19.1. The number of para-hydroxylation sites is 1. The zero-order valence-corrected chi connectivity index (χ0v) is 21.5. The summed E-state index contributed by atoms with van der Waals surface area (Å²) in [5.74, 6) is 0.918. The summed E-state index contributed by atoms with van der Waals surface area (Å²) in [5, 5.41) is 9.51. The number of hydrogen-bond donors (Lipinski definition) is 1. The number of aromatic nitrogens is 4. The molecule has 2 heterocycles. The second-order valence-electron chi connectivity index (χ2n) is 9.20. The van der Waals surface area contributed by atoms with Crippen molar-refractivity contribution in [2.45, 2.75) is 13.0 Å². The summed E-state index contributed by atoms with van der Waals surface area (Å²) in [6.07, 6.45) is 3.26. The van der Waals surface area contributed by atoms with Crippen molar-refractivity contribution >= 4 is 39.3 Å². The molecule has 0 aliphatic heterocycles. The monoisotopic (exact) mass is 533 g/mol. The summed E-state index contributed by atoms with van der Waals surface area (Å²) in [5.41, 5.74) is 3.88. The quantitative estimate of drug-likeness (QED) is 0.188. The summed E-state index contributed by atoms with van der Waals surface area (Å²) in [6.45, 7) is 0.460. The zero-order valence-electron chi connectivity index (χ0n) is 21.5. The lowest BCUT2D eigenvalue weighted by atomic mass is 10.1. The highest BCUT2D eigenvalue weighted by Crippen LogP contribution is 2.31. The highest BCUT2D eigenvalue weighted by molar-refractivity contribution is 5.94. The molecule has 0 unspecified atom stereocenters. The number of carbonyl (C=O) groups is 1. The lowest BCUT2D eigenvalue weighted by Crippen LogP contribution is -2.12. The lowest BCUT2D eigenvalue weighted by Gasteiger charge is -2.13. The molecule has 0 atom stereocenters. The van der Waals surface area contributed by atoms with Crippen LogP contribution in [-0.4, -0.2) is 32.8 Å². The van der Waals surface area contributed by atoms with Gasteiger partial charge in [-0.25, -0.2) is 14.4 Å². The maximum absolute atomic E-state index is 13.6. The number of nitrogens with one attached hydrogen (secondary N) is 1. The van der Waals surface area contributed by atoms with Crippen LogP contribution in [0.15, 0.2) is 97.5 Å². The SMILES string of the molecule is COc1cc2ncnc(Nc3ccc4c(cnn4Cc4cccc(F)c4)c3)c2cc1CC(=O)Oc1ccccc1. The lowest BCUT2D eigenvalue weighted by molar-refractivity contribution is -0.133. The summed E-state index contributed by atoms with van der Waals surface area (Å²) >= 11 is 0. The first-order valence-electron chi connectivity index (χ1n) is 12.6. The Morgan fingerprint density at radius 1 is 0.975 bits per heavy atom. The number of rotatable bonds is 8. The van der Waals surface area contributed by atoms with Crippen LogP contribution >= 0.6 is 0 Å². The number of hydrogen-bond acceptors (Lipinski definition) is 7. The number of carbonyl (C=O) groups excluding carboxylic acids is 1. The highest BCUT2D eigenvalue weighted by Gasteiger charge is 2.15. The first-order valence-corrected chi connectivity index (χ1v) is 12.6. The Bertz CT molecular complexity index is 1840. The summed E-state index contributed by atoms with van der Waals surface area (Å²) < 4.78 is 26.5. The molecule has 0 aliphatic carbocycles. The fraction of sp³-hybridized carbons (Fsp3) is 0.0968. The van der Waals surface area contributed by atoms with Crippen LogP contribution in [0.5, 0.6) is 11.5 Å². The van der Waals surface area contributed by atoms with E-state index >= 15 is 0 Å². The van der Waals surface area contributed by atoms with Gasteiger partial charge >= 0.3 is 5.97 Å². The van der Waals surface area contributed by atoms with Crippen molar-refractivity contribution in [3.8, 4) is 11.5 Å². The van der Waals surface area contributed by atoms with Crippen LogP contribution in [0.4, 0.5) is 15.9 Å². The minimum Gasteiger partial charge on any atom is -0.496 e. The topological polar surface area (TPSA) is 91.2 Å². The Morgan fingerprint density at radius 3 is 2.67 bits per heavy atom. The number of fused-ring (bicyclic) bond motifs is 2. The minimum atomic E-state index is -0.407. The molecule has 40 heavy (non-hydrogen) atoms. The van der Waals surface area contributed by atoms with Gasteiger partial charge < -0.3 is 14.8 Å². The molecule has 0 amide bonds. The standard InChI is InChI=1S/C31H24FN5O3/c1-39-29-16-27-26(14-21(29)15-30(38)40-25-8-3-2-4-9-25)31(34-19-33-27)36-24-10-11-28-22(13-24)17-35-37(28)18-20-6-5-7-23(32)12-20/h2-14,16-17,19H,15,18H2,1H3,(H,33,34,36). The Kier molecular flexibility index (Phi) is 6.76.